The van der Waals surface area contributed by atoms with Crippen molar-refractivity contribution < 1.29 is 47.7 Å². The number of hydrogen-bond acceptors (Lipinski definition) is 10. The van der Waals surface area contributed by atoms with Crippen molar-refractivity contribution in [3.63, 3.8) is 0 Å². The highest BCUT2D eigenvalue weighted by Crippen LogP contribution is 2.57. The molecule has 6 aliphatic rings. The van der Waals surface area contributed by atoms with E-state index >= 15 is 0 Å². The van der Waals surface area contributed by atoms with Gasteiger partial charge in [-0.2, -0.15) is 0 Å². The summed E-state index contributed by atoms with van der Waals surface area (Å²) < 4.78 is 20.9. The van der Waals surface area contributed by atoms with Crippen molar-refractivity contribution in [1.29, 1.82) is 0 Å². The molecule has 186 valence electrons. The van der Waals surface area contributed by atoms with Crippen LogP contribution < -0.4 is 0 Å². The third kappa shape index (κ3) is 2.96. The van der Waals surface area contributed by atoms with Gasteiger partial charge in [0.05, 0.1) is 34.8 Å². The van der Waals surface area contributed by atoms with Crippen molar-refractivity contribution in [3.05, 3.63) is 35.4 Å². The van der Waals surface area contributed by atoms with Crippen LogP contribution >= 0.6 is 0 Å². The van der Waals surface area contributed by atoms with Gasteiger partial charge in [-0.3, -0.25) is 19.2 Å². The number of esters is 6. The third-order valence-corrected chi connectivity index (χ3v) is 9.25. The zero-order chi connectivity index (χ0) is 24.9. The molecule has 1 aromatic carbocycles. The quantitative estimate of drug-likeness (QED) is 0.343. The Hall–Kier alpha value is -3.56. The van der Waals surface area contributed by atoms with Gasteiger partial charge in [0.1, 0.15) is 12.2 Å². The second-order valence-electron chi connectivity index (χ2n) is 10.8. The second-order valence-corrected chi connectivity index (χ2v) is 10.8. The number of cyclic esters (lactones) is 4. The molecule has 0 aromatic heterocycles. The number of carbonyl (C=O) groups excluding carboxylic acids is 6. The summed E-state index contributed by atoms with van der Waals surface area (Å²) in [5, 5.41) is 0. The summed E-state index contributed by atoms with van der Waals surface area (Å²) in [6.07, 6.45) is 1.46. The van der Waals surface area contributed by atoms with Gasteiger partial charge < -0.3 is 18.9 Å². The molecule has 10 atom stereocenters. The first kappa shape index (κ1) is 21.7. The normalized spacial score (nSPS) is 41.2. The van der Waals surface area contributed by atoms with E-state index in [-0.39, 0.29) is 34.8 Å². The lowest BCUT2D eigenvalue weighted by atomic mass is 9.79. The van der Waals surface area contributed by atoms with E-state index in [1.54, 1.807) is 0 Å². The van der Waals surface area contributed by atoms with Gasteiger partial charge in [0.2, 0.25) is 0 Å². The molecule has 0 amide bonds. The number of rotatable bonds is 4. The molecule has 2 saturated heterocycles. The fourth-order valence-electron chi connectivity index (χ4n) is 7.82. The van der Waals surface area contributed by atoms with Crippen molar-refractivity contribution in [2.24, 2.45) is 47.3 Å². The van der Waals surface area contributed by atoms with Gasteiger partial charge >= 0.3 is 35.8 Å². The summed E-state index contributed by atoms with van der Waals surface area (Å²) in [7, 11) is 0. The standard InChI is InChI=1S/C26H22O10/c27-21(33-15-7-11-5-13(15)19-17(11)23(29)35-25(19)31)9-1-2-10(4-3-9)22(28)34-16-8-12-6-14(16)20-18(12)24(30)36-26(20)32/h1-4,11-20H,5-8H2. The Balaban J connectivity index is 0.979. The zero-order valence-electron chi connectivity index (χ0n) is 19.0. The van der Waals surface area contributed by atoms with E-state index in [0.717, 1.165) is 0 Å². The average molecular weight is 494 g/mol. The monoisotopic (exact) mass is 494 g/mol. The average Bonchev–Trinajstić information content (AvgIpc) is 3.67. The van der Waals surface area contributed by atoms with E-state index in [1.165, 1.54) is 24.3 Å². The maximum absolute atomic E-state index is 12.7. The molecule has 10 heteroatoms. The number of hydrogen-bond donors (Lipinski definition) is 0. The first-order chi connectivity index (χ1) is 17.3. The third-order valence-electron chi connectivity index (χ3n) is 9.25. The lowest BCUT2D eigenvalue weighted by Crippen LogP contribution is -2.36. The van der Waals surface area contributed by atoms with E-state index in [1.807, 2.05) is 0 Å². The van der Waals surface area contributed by atoms with Crippen molar-refractivity contribution in [1.82, 2.24) is 0 Å². The van der Waals surface area contributed by atoms with Crippen LogP contribution in [0.2, 0.25) is 0 Å². The molecule has 1 aromatic rings. The maximum atomic E-state index is 12.7. The SMILES string of the molecule is O=C(OC1CC2CC1C1C(=O)OC(=O)C21)c1ccc(C(=O)OC2CC3CC2C2C(=O)OC(=O)C32)cc1. The summed E-state index contributed by atoms with van der Waals surface area (Å²) in [5.74, 6) is -5.46. The van der Waals surface area contributed by atoms with Crippen LogP contribution in [-0.2, 0) is 38.1 Å². The Morgan fingerprint density at radius 1 is 0.583 bits per heavy atom. The van der Waals surface area contributed by atoms with Crippen LogP contribution in [0.5, 0.6) is 0 Å². The van der Waals surface area contributed by atoms with Gasteiger partial charge in [0.15, 0.2) is 0 Å². The van der Waals surface area contributed by atoms with E-state index < -0.39 is 71.7 Å². The Morgan fingerprint density at radius 3 is 1.33 bits per heavy atom. The topological polar surface area (TPSA) is 139 Å². The number of fused-ring (bicyclic) bond motifs is 10. The first-order valence-electron chi connectivity index (χ1n) is 12.3. The predicted molar refractivity (Wildman–Crippen MR) is 113 cm³/mol. The van der Waals surface area contributed by atoms with Crippen LogP contribution in [0.4, 0.5) is 0 Å². The highest BCUT2D eigenvalue weighted by atomic mass is 16.6. The number of benzene rings is 1. The summed E-state index contributed by atoms with van der Waals surface area (Å²) >= 11 is 0. The molecular weight excluding hydrogens is 472 g/mol. The van der Waals surface area contributed by atoms with Gasteiger partial charge in [-0.05, 0) is 61.8 Å². The molecule has 36 heavy (non-hydrogen) atoms. The summed E-state index contributed by atoms with van der Waals surface area (Å²) in [6, 6.07) is 5.91. The molecule has 0 N–H and O–H groups in total. The van der Waals surface area contributed by atoms with E-state index in [2.05, 4.69) is 0 Å². The van der Waals surface area contributed by atoms with Gasteiger partial charge in [-0.25, -0.2) is 9.59 Å². The minimum absolute atomic E-state index is 0.0146. The number of carbonyl (C=O) groups is 6. The van der Waals surface area contributed by atoms with Crippen LogP contribution in [0.15, 0.2) is 24.3 Å². The van der Waals surface area contributed by atoms with Crippen molar-refractivity contribution in [2.45, 2.75) is 37.9 Å². The Labute approximate surface area is 204 Å². The lowest BCUT2D eigenvalue weighted by molar-refractivity contribution is -0.156. The second kappa shape index (κ2) is 7.47. The molecule has 2 aliphatic heterocycles. The highest BCUT2D eigenvalue weighted by molar-refractivity contribution is 5.99. The van der Waals surface area contributed by atoms with Gasteiger partial charge in [-0.15, -0.1) is 0 Å². The largest absolute Gasteiger partial charge is 0.458 e. The molecule has 7 rings (SSSR count). The zero-order valence-corrected chi connectivity index (χ0v) is 19.0. The minimum atomic E-state index is -0.565. The van der Waals surface area contributed by atoms with Crippen LogP contribution in [-0.4, -0.2) is 48.0 Å². The molecule has 6 fully saturated rings. The Kier molecular flexibility index (Phi) is 4.50. The van der Waals surface area contributed by atoms with Crippen LogP contribution in [0.1, 0.15) is 46.4 Å². The predicted octanol–water partition coefficient (Wildman–Crippen LogP) is 1.45. The maximum Gasteiger partial charge on any atom is 0.338 e. The molecular formula is C26H22O10. The van der Waals surface area contributed by atoms with Crippen molar-refractivity contribution in [3.8, 4) is 0 Å². The van der Waals surface area contributed by atoms with E-state index in [9.17, 15) is 28.8 Å². The van der Waals surface area contributed by atoms with Crippen LogP contribution in [0, 0.1) is 47.3 Å². The Morgan fingerprint density at radius 2 is 0.944 bits per heavy atom. The van der Waals surface area contributed by atoms with Gasteiger partial charge in [0, 0.05) is 11.8 Å². The minimum Gasteiger partial charge on any atom is -0.458 e. The molecule has 4 bridgehead atoms. The lowest BCUT2D eigenvalue weighted by Gasteiger charge is -2.27. The van der Waals surface area contributed by atoms with Gasteiger partial charge in [-0.1, -0.05) is 0 Å². The molecule has 0 spiro atoms. The van der Waals surface area contributed by atoms with E-state index in [0.29, 0.717) is 25.7 Å². The fourth-order valence-corrected chi connectivity index (χ4v) is 7.82. The highest BCUT2D eigenvalue weighted by Gasteiger charge is 2.65. The molecule has 2 heterocycles. The first-order valence-corrected chi connectivity index (χ1v) is 12.3. The van der Waals surface area contributed by atoms with Crippen LogP contribution in [0.3, 0.4) is 0 Å². The van der Waals surface area contributed by atoms with Crippen molar-refractivity contribution in [2.75, 3.05) is 0 Å². The summed E-state index contributed by atoms with van der Waals surface area (Å²) in [5.41, 5.74) is 0.511. The summed E-state index contributed by atoms with van der Waals surface area (Å²) in [6.45, 7) is 0. The number of ether oxygens (including phenoxy) is 4. The van der Waals surface area contributed by atoms with E-state index in [4.69, 9.17) is 18.9 Å². The molecule has 10 unspecified atom stereocenters. The molecule has 0 radical (unpaired) electrons. The molecule has 4 saturated carbocycles. The van der Waals surface area contributed by atoms with Crippen LogP contribution in [0.25, 0.3) is 0 Å². The fraction of sp³-hybridized carbons (Fsp3) is 0.538. The smallest absolute Gasteiger partial charge is 0.338 e. The summed E-state index contributed by atoms with van der Waals surface area (Å²) in [4.78, 5) is 73.3. The molecule has 4 aliphatic carbocycles. The van der Waals surface area contributed by atoms with Crippen molar-refractivity contribution >= 4 is 35.8 Å². The molecule has 10 nitrogen and oxygen atoms in total. The van der Waals surface area contributed by atoms with Gasteiger partial charge in [0.25, 0.3) is 0 Å². The Bertz CT molecular complexity index is 1140.